The number of carbonyl (C=O) groups is 1. The Bertz CT molecular complexity index is 346. The number of aryl methyl sites for hydroxylation is 1. The Balaban J connectivity index is 2.34. The molecule has 5 heteroatoms. The summed E-state index contributed by atoms with van der Waals surface area (Å²) in [5.41, 5.74) is 1.10. The second-order valence-electron chi connectivity index (χ2n) is 4.56. The van der Waals surface area contributed by atoms with E-state index in [0.717, 1.165) is 18.8 Å². The minimum absolute atomic E-state index is 0.0998. The van der Waals surface area contributed by atoms with Crippen molar-refractivity contribution in [2.45, 2.75) is 33.4 Å². The first kappa shape index (κ1) is 13.7. The van der Waals surface area contributed by atoms with Crippen LogP contribution in [0.4, 0.5) is 0 Å². The van der Waals surface area contributed by atoms with Crippen molar-refractivity contribution in [1.82, 2.24) is 20.2 Å². The number of rotatable bonds is 7. The van der Waals surface area contributed by atoms with Crippen LogP contribution in [0.3, 0.4) is 0 Å². The van der Waals surface area contributed by atoms with E-state index in [1.807, 2.05) is 17.8 Å². The first-order valence-corrected chi connectivity index (χ1v) is 6.03. The fourth-order valence-corrected chi connectivity index (χ4v) is 1.51. The fraction of sp³-hybridized carbons (Fsp3) is 0.667. The molecule has 0 saturated heterocycles. The smallest absolute Gasteiger partial charge is 0.221 e. The van der Waals surface area contributed by atoms with Crippen LogP contribution in [0.5, 0.6) is 0 Å². The number of amides is 1. The van der Waals surface area contributed by atoms with E-state index in [2.05, 4.69) is 29.5 Å². The van der Waals surface area contributed by atoms with Crippen molar-refractivity contribution < 1.29 is 4.79 Å². The predicted octanol–water partition coefficient (Wildman–Crippen LogP) is 0.765. The Morgan fingerprint density at radius 2 is 2.29 bits per heavy atom. The molecule has 1 rings (SSSR count). The van der Waals surface area contributed by atoms with Gasteiger partial charge in [-0.25, -0.2) is 4.98 Å². The third-order valence-corrected chi connectivity index (χ3v) is 2.44. The molecule has 0 fully saturated rings. The van der Waals surface area contributed by atoms with Gasteiger partial charge in [0.1, 0.15) is 0 Å². The van der Waals surface area contributed by atoms with E-state index in [4.69, 9.17) is 0 Å². The highest BCUT2D eigenvalue weighted by atomic mass is 16.1. The zero-order chi connectivity index (χ0) is 12.7. The summed E-state index contributed by atoms with van der Waals surface area (Å²) in [5.74, 6) is 0.592. The molecule has 0 unspecified atom stereocenters. The molecule has 0 aliphatic heterocycles. The number of hydrogen-bond donors (Lipinski definition) is 2. The van der Waals surface area contributed by atoms with Crippen LogP contribution in [0.2, 0.25) is 0 Å². The van der Waals surface area contributed by atoms with Gasteiger partial charge in [-0.05, 0) is 13.0 Å². The number of hydrogen-bond acceptors (Lipinski definition) is 3. The van der Waals surface area contributed by atoms with Gasteiger partial charge in [0.15, 0.2) is 0 Å². The summed E-state index contributed by atoms with van der Waals surface area (Å²) >= 11 is 0. The minimum atomic E-state index is 0.0998. The third-order valence-electron chi connectivity index (χ3n) is 2.44. The summed E-state index contributed by atoms with van der Waals surface area (Å²) in [4.78, 5) is 15.6. The maximum Gasteiger partial charge on any atom is 0.221 e. The molecule has 17 heavy (non-hydrogen) atoms. The molecule has 0 aromatic carbocycles. The van der Waals surface area contributed by atoms with Crippen LogP contribution in [-0.4, -0.2) is 29.1 Å². The zero-order valence-corrected chi connectivity index (χ0v) is 10.9. The Labute approximate surface area is 103 Å². The van der Waals surface area contributed by atoms with Crippen molar-refractivity contribution in [3.63, 3.8) is 0 Å². The maximum absolute atomic E-state index is 11.6. The van der Waals surface area contributed by atoms with Gasteiger partial charge in [0.05, 0.1) is 12.0 Å². The largest absolute Gasteiger partial charge is 0.356 e. The van der Waals surface area contributed by atoms with Gasteiger partial charge in [-0.1, -0.05) is 13.8 Å². The van der Waals surface area contributed by atoms with E-state index in [0.29, 0.717) is 18.9 Å². The van der Waals surface area contributed by atoms with Crippen molar-refractivity contribution >= 4 is 5.91 Å². The minimum Gasteiger partial charge on any atom is -0.356 e. The highest BCUT2D eigenvalue weighted by Crippen LogP contribution is 2.00. The van der Waals surface area contributed by atoms with E-state index in [1.165, 1.54) is 0 Å². The lowest BCUT2D eigenvalue weighted by Crippen LogP contribution is -2.28. The van der Waals surface area contributed by atoms with Gasteiger partial charge in [-0.2, -0.15) is 0 Å². The molecule has 0 spiro atoms. The first-order chi connectivity index (χ1) is 8.13. The monoisotopic (exact) mass is 238 g/mol. The molecule has 1 heterocycles. The summed E-state index contributed by atoms with van der Waals surface area (Å²) in [7, 11) is 1.90. The molecule has 1 aromatic rings. The molecule has 0 bridgehead atoms. The van der Waals surface area contributed by atoms with Crippen molar-refractivity contribution in [3.05, 3.63) is 18.2 Å². The van der Waals surface area contributed by atoms with Crippen LogP contribution in [0.25, 0.3) is 0 Å². The Morgan fingerprint density at radius 3 is 2.94 bits per heavy atom. The molecular formula is C12H22N4O. The molecule has 0 saturated carbocycles. The summed E-state index contributed by atoms with van der Waals surface area (Å²) in [6.07, 6.45) is 4.09. The molecular weight excluding hydrogens is 216 g/mol. The number of nitrogens with zero attached hydrogens (tertiary/aromatic N) is 2. The van der Waals surface area contributed by atoms with Crippen LogP contribution in [0.1, 0.15) is 26.0 Å². The Hall–Kier alpha value is -1.36. The van der Waals surface area contributed by atoms with Crippen LogP contribution < -0.4 is 10.6 Å². The highest BCUT2D eigenvalue weighted by Gasteiger charge is 2.05. The van der Waals surface area contributed by atoms with Gasteiger partial charge >= 0.3 is 0 Å². The lowest BCUT2D eigenvalue weighted by Gasteiger charge is -2.09. The van der Waals surface area contributed by atoms with E-state index in [1.54, 1.807) is 6.33 Å². The number of imidazole rings is 1. The van der Waals surface area contributed by atoms with E-state index < -0.39 is 0 Å². The lowest BCUT2D eigenvalue weighted by molar-refractivity contribution is -0.121. The fourth-order valence-electron chi connectivity index (χ4n) is 1.51. The summed E-state index contributed by atoms with van der Waals surface area (Å²) in [5, 5.41) is 5.98. The van der Waals surface area contributed by atoms with Crippen molar-refractivity contribution in [3.8, 4) is 0 Å². The predicted molar refractivity (Wildman–Crippen MR) is 67.5 cm³/mol. The van der Waals surface area contributed by atoms with Crippen molar-refractivity contribution in [2.24, 2.45) is 5.92 Å². The normalized spacial score (nSPS) is 10.8. The lowest BCUT2D eigenvalue weighted by atomic mass is 10.2. The third kappa shape index (κ3) is 4.99. The highest BCUT2D eigenvalue weighted by molar-refractivity contribution is 5.75. The van der Waals surface area contributed by atoms with Crippen molar-refractivity contribution in [1.29, 1.82) is 0 Å². The van der Waals surface area contributed by atoms with Crippen LogP contribution in [-0.2, 0) is 17.9 Å². The Kier molecular flexibility index (Phi) is 5.69. The van der Waals surface area contributed by atoms with Gasteiger partial charge in [-0.3, -0.25) is 4.79 Å². The zero-order valence-electron chi connectivity index (χ0n) is 10.9. The van der Waals surface area contributed by atoms with E-state index in [-0.39, 0.29) is 5.91 Å². The number of nitrogens with one attached hydrogen (secondary N) is 2. The maximum atomic E-state index is 11.6. The number of aromatic nitrogens is 2. The van der Waals surface area contributed by atoms with Crippen LogP contribution in [0.15, 0.2) is 12.5 Å². The van der Waals surface area contributed by atoms with Gasteiger partial charge in [-0.15, -0.1) is 0 Å². The molecule has 0 atom stereocenters. The van der Waals surface area contributed by atoms with Gasteiger partial charge in [0, 0.05) is 32.3 Å². The molecule has 1 aromatic heterocycles. The topological polar surface area (TPSA) is 59.0 Å². The summed E-state index contributed by atoms with van der Waals surface area (Å²) < 4.78 is 2.01. The second kappa shape index (κ2) is 7.06. The molecule has 2 N–H and O–H groups in total. The van der Waals surface area contributed by atoms with E-state index in [9.17, 15) is 4.79 Å². The number of carbonyl (C=O) groups excluding carboxylic acids is 1. The molecule has 96 valence electrons. The molecule has 0 aliphatic rings. The Morgan fingerprint density at radius 1 is 1.53 bits per heavy atom. The quantitative estimate of drug-likeness (QED) is 0.737. The van der Waals surface area contributed by atoms with Gasteiger partial charge in [0.2, 0.25) is 5.91 Å². The molecule has 0 radical (unpaired) electrons. The van der Waals surface area contributed by atoms with Gasteiger partial charge in [0.25, 0.3) is 0 Å². The molecule has 1 amide bonds. The van der Waals surface area contributed by atoms with Crippen LogP contribution >= 0.6 is 0 Å². The standard InChI is InChI=1S/C12H22N4O/c1-10(2)6-15-12(17)4-5-16-9-14-8-11(16)7-13-3/h8-10,13H,4-7H2,1-3H3,(H,15,17). The summed E-state index contributed by atoms with van der Waals surface area (Å²) in [6, 6.07) is 0. The molecule has 5 nitrogen and oxygen atoms in total. The van der Waals surface area contributed by atoms with E-state index >= 15 is 0 Å². The molecule has 0 aliphatic carbocycles. The van der Waals surface area contributed by atoms with Crippen molar-refractivity contribution in [2.75, 3.05) is 13.6 Å². The van der Waals surface area contributed by atoms with Crippen LogP contribution in [0, 0.1) is 5.92 Å². The first-order valence-electron chi connectivity index (χ1n) is 6.03. The van der Waals surface area contributed by atoms with Gasteiger partial charge < -0.3 is 15.2 Å². The average Bonchev–Trinajstić information content (AvgIpc) is 2.71. The summed E-state index contributed by atoms with van der Waals surface area (Å²) in [6.45, 7) is 6.36. The SMILES string of the molecule is CNCc1cncn1CCC(=O)NCC(C)C. The average molecular weight is 238 g/mol. The second-order valence-corrected chi connectivity index (χ2v) is 4.56.